The first-order valence-corrected chi connectivity index (χ1v) is 9.52. The second kappa shape index (κ2) is 8.28. The van der Waals surface area contributed by atoms with Crippen molar-refractivity contribution in [3.05, 3.63) is 65.2 Å². The standard InChI is InChI=1S/C22H21N5O3/c1-13-7-8-16(10-14(13)2)20-19-21(25-15(3)26-22(19)30-27-20)29-12-18(28)24-11-17-6-4-5-9-23-17/h4-10H,11-12H2,1-3H3,(H,24,28). The average Bonchev–Trinajstić information content (AvgIpc) is 3.17. The molecule has 0 saturated heterocycles. The van der Waals surface area contributed by atoms with Crippen LogP contribution in [0.3, 0.4) is 0 Å². The Morgan fingerprint density at radius 3 is 2.73 bits per heavy atom. The number of hydrogen-bond donors (Lipinski definition) is 1. The molecule has 0 unspecified atom stereocenters. The second-order valence-corrected chi connectivity index (χ2v) is 6.97. The molecular formula is C22H21N5O3. The molecule has 0 fully saturated rings. The van der Waals surface area contributed by atoms with Gasteiger partial charge in [0.05, 0.1) is 12.2 Å². The van der Waals surface area contributed by atoms with Crippen LogP contribution in [0.1, 0.15) is 22.6 Å². The van der Waals surface area contributed by atoms with Crippen LogP contribution in [0.15, 0.2) is 47.1 Å². The van der Waals surface area contributed by atoms with E-state index in [0.717, 1.165) is 16.8 Å². The number of nitrogens with one attached hydrogen (secondary N) is 1. The van der Waals surface area contributed by atoms with Crippen LogP contribution in [-0.4, -0.2) is 32.6 Å². The summed E-state index contributed by atoms with van der Waals surface area (Å²) in [5.41, 5.74) is 4.85. The van der Waals surface area contributed by atoms with Crippen LogP contribution in [0.25, 0.3) is 22.4 Å². The first kappa shape index (κ1) is 19.5. The summed E-state index contributed by atoms with van der Waals surface area (Å²) in [4.78, 5) is 25.1. The number of rotatable bonds is 6. The van der Waals surface area contributed by atoms with E-state index in [9.17, 15) is 4.79 Å². The molecule has 4 rings (SSSR count). The summed E-state index contributed by atoms with van der Waals surface area (Å²) in [7, 11) is 0. The number of amides is 1. The van der Waals surface area contributed by atoms with E-state index < -0.39 is 0 Å². The molecular weight excluding hydrogens is 382 g/mol. The number of carbonyl (C=O) groups excluding carboxylic acids is 1. The Hall–Kier alpha value is -3.81. The van der Waals surface area contributed by atoms with Gasteiger partial charge in [0.2, 0.25) is 5.88 Å². The molecule has 8 heteroatoms. The molecule has 0 bridgehead atoms. The zero-order valence-corrected chi connectivity index (χ0v) is 17.0. The van der Waals surface area contributed by atoms with Crippen LogP contribution in [0.2, 0.25) is 0 Å². The normalized spacial score (nSPS) is 10.9. The van der Waals surface area contributed by atoms with E-state index in [1.54, 1.807) is 13.1 Å². The maximum absolute atomic E-state index is 12.2. The molecule has 0 aliphatic carbocycles. The molecule has 1 aromatic carbocycles. The van der Waals surface area contributed by atoms with Gasteiger partial charge in [-0.25, -0.2) is 0 Å². The highest BCUT2D eigenvalue weighted by Crippen LogP contribution is 2.33. The number of benzene rings is 1. The molecule has 0 spiro atoms. The van der Waals surface area contributed by atoms with Crippen molar-refractivity contribution in [1.82, 2.24) is 25.4 Å². The fourth-order valence-corrected chi connectivity index (χ4v) is 2.99. The molecule has 4 aromatic rings. The second-order valence-electron chi connectivity index (χ2n) is 6.97. The Morgan fingerprint density at radius 2 is 1.97 bits per heavy atom. The Kier molecular flexibility index (Phi) is 5.38. The van der Waals surface area contributed by atoms with Gasteiger partial charge in [-0.05, 0) is 50.1 Å². The van der Waals surface area contributed by atoms with Gasteiger partial charge in [-0.1, -0.05) is 23.4 Å². The van der Waals surface area contributed by atoms with Crippen molar-refractivity contribution in [2.24, 2.45) is 0 Å². The van der Waals surface area contributed by atoms with E-state index in [1.807, 2.05) is 50.2 Å². The Labute approximate surface area is 173 Å². The topological polar surface area (TPSA) is 103 Å². The van der Waals surface area contributed by atoms with E-state index in [2.05, 4.69) is 25.4 Å². The Bertz CT molecular complexity index is 1200. The van der Waals surface area contributed by atoms with Crippen molar-refractivity contribution in [1.29, 1.82) is 0 Å². The van der Waals surface area contributed by atoms with Gasteiger partial charge in [-0.2, -0.15) is 9.97 Å². The number of carbonyl (C=O) groups is 1. The molecule has 0 aliphatic heterocycles. The van der Waals surface area contributed by atoms with Crippen LogP contribution in [-0.2, 0) is 11.3 Å². The minimum atomic E-state index is -0.283. The van der Waals surface area contributed by atoms with Gasteiger partial charge in [0, 0.05) is 11.8 Å². The average molecular weight is 403 g/mol. The van der Waals surface area contributed by atoms with Crippen LogP contribution >= 0.6 is 0 Å². The van der Waals surface area contributed by atoms with E-state index in [-0.39, 0.29) is 18.4 Å². The number of fused-ring (bicyclic) bond motifs is 1. The smallest absolute Gasteiger partial charge is 0.265 e. The zero-order valence-electron chi connectivity index (χ0n) is 17.0. The predicted molar refractivity (Wildman–Crippen MR) is 111 cm³/mol. The highest BCUT2D eigenvalue weighted by molar-refractivity contribution is 5.93. The highest BCUT2D eigenvalue weighted by Gasteiger charge is 2.20. The van der Waals surface area contributed by atoms with E-state index in [0.29, 0.717) is 29.2 Å². The van der Waals surface area contributed by atoms with Gasteiger partial charge >= 0.3 is 0 Å². The Morgan fingerprint density at radius 1 is 1.10 bits per heavy atom. The van der Waals surface area contributed by atoms with E-state index in [4.69, 9.17) is 9.26 Å². The summed E-state index contributed by atoms with van der Waals surface area (Å²) < 4.78 is 11.2. The number of hydrogen-bond acceptors (Lipinski definition) is 7. The molecule has 0 aliphatic rings. The van der Waals surface area contributed by atoms with Crippen LogP contribution in [0.5, 0.6) is 5.88 Å². The summed E-state index contributed by atoms with van der Waals surface area (Å²) in [5.74, 6) is 0.448. The van der Waals surface area contributed by atoms with Crippen molar-refractivity contribution in [3.8, 4) is 17.1 Å². The molecule has 30 heavy (non-hydrogen) atoms. The van der Waals surface area contributed by atoms with Gasteiger partial charge in [0.25, 0.3) is 11.6 Å². The minimum absolute atomic E-state index is 0.198. The van der Waals surface area contributed by atoms with Gasteiger partial charge in [-0.3, -0.25) is 9.78 Å². The maximum atomic E-state index is 12.2. The lowest BCUT2D eigenvalue weighted by Gasteiger charge is -2.09. The maximum Gasteiger partial charge on any atom is 0.265 e. The van der Waals surface area contributed by atoms with Crippen LogP contribution in [0, 0.1) is 20.8 Å². The first-order chi connectivity index (χ1) is 14.5. The molecule has 0 saturated carbocycles. The van der Waals surface area contributed by atoms with Crippen molar-refractivity contribution >= 4 is 17.0 Å². The summed E-state index contributed by atoms with van der Waals surface area (Å²) in [6.45, 7) is 5.93. The van der Waals surface area contributed by atoms with Gasteiger partial charge in [0.1, 0.15) is 16.9 Å². The monoisotopic (exact) mass is 403 g/mol. The highest BCUT2D eigenvalue weighted by atomic mass is 16.5. The quantitative estimate of drug-likeness (QED) is 0.527. The SMILES string of the molecule is Cc1nc(OCC(=O)NCc2ccccn2)c2c(-c3ccc(C)c(C)c3)noc2n1. The number of nitrogens with zero attached hydrogens (tertiary/aromatic N) is 4. The number of aryl methyl sites for hydroxylation is 3. The predicted octanol–water partition coefficient (Wildman–Crippen LogP) is 3.30. The molecule has 0 atom stereocenters. The molecule has 3 heterocycles. The van der Waals surface area contributed by atoms with E-state index in [1.165, 1.54) is 5.56 Å². The van der Waals surface area contributed by atoms with Crippen molar-refractivity contribution < 1.29 is 14.1 Å². The summed E-state index contributed by atoms with van der Waals surface area (Å²) in [6, 6.07) is 11.5. The minimum Gasteiger partial charge on any atom is -0.467 e. The molecule has 8 nitrogen and oxygen atoms in total. The fourth-order valence-electron chi connectivity index (χ4n) is 2.99. The molecule has 1 N–H and O–H groups in total. The zero-order chi connectivity index (χ0) is 21.1. The van der Waals surface area contributed by atoms with Gasteiger partial charge in [-0.15, -0.1) is 0 Å². The lowest BCUT2D eigenvalue weighted by Crippen LogP contribution is -2.28. The molecule has 1 amide bonds. The lowest BCUT2D eigenvalue weighted by molar-refractivity contribution is -0.123. The fraction of sp³-hybridized carbons (Fsp3) is 0.227. The summed E-state index contributed by atoms with van der Waals surface area (Å²) >= 11 is 0. The third kappa shape index (κ3) is 4.12. The van der Waals surface area contributed by atoms with Crippen LogP contribution in [0.4, 0.5) is 0 Å². The van der Waals surface area contributed by atoms with Crippen LogP contribution < -0.4 is 10.1 Å². The van der Waals surface area contributed by atoms with Gasteiger partial charge < -0.3 is 14.6 Å². The largest absolute Gasteiger partial charge is 0.467 e. The number of aromatic nitrogens is 4. The van der Waals surface area contributed by atoms with Gasteiger partial charge in [0.15, 0.2) is 6.61 Å². The summed E-state index contributed by atoms with van der Waals surface area (Å²) in [6.07, 6.45) is 1.68. The number of ether oxygens (including phenoxy) is 1. The lowest BCUT2D eigenvalue weighted by atomic mass is 10.0. The van der Waals surface area contributed by atoms with Crippen molar-refractivity contribution in [3.63, 3.8) is 0 Å². The van der Waals surface area contributed by atoms with Crippen molar-refractivity contribution in [2.75, 3.05) is 6.61 Å². The molecule has 3 aromatic heterocycles. The van der Waals surface area contributed by atoms with Crippen molar-refractivity contribution in [2.45, 2.75) is 27.3 Å². The van der Waals surface area contributed by atoms with E-state index >= 15 is 0 Å². The third-order valence-electron chi connectivity index (χ3n) is 4.73. The number of pyridine rings is 1. The third-order valence-corrected chi connectivity index (χ3v) is 4.73. The summed E-state index contributed by atoms with van der Waals surface area (Å²) in [5, 5.41) is 7.49. The Balaban J connectivity index is 1.56. The molecule has 0 radical (unpaired) electrons. The molecule has 152 valence electrons. The first-order valence-electron chi connectivity index (χ1n) is 9.52.